The van der Waals surface area contributed by atoms with Crippen LogP contribution < -0.4 is 11.1 Å². The molecular formula is C121H179Br2Cl5N10O2. The molecule has 12 rings (SSSR count). The van der Waals surface area contributed by atoms with Gasteiger partial charge in [-0.15, -0.1) is 0 Å². The van der Waals surface area contributed by atoms with Crippen molar-refractivity contribution in [3.8, 4) is 0 Å². The molecule has 774 valence electrons. The third-order valence-electron chi connectivity index (χ3n) is 28.6. The SMILES string of the molecule is C=C(C(C)C)C(CN1CCN(CC)CC1)c1ccc(Cl)cc1.C=C(C(C)C)[C@@H](CN1CCN(C(C)C)CC1)c1ccc(Cl)cc1.C=C(C(C)C)[C@@H](CN1CCOCC1)c1ccc(Cl)cc1.C=C(C(C)C)[C@H](CN)c1ccc(Br)cc1.C=C(C(C)C)[C@H](CN1CCN(CC)CC1)c1ccc(Cl)cc1.C=C(C(C)C)[C@H](CN1CCOCC1)c1ccc(Cl)cc1.C=C(C(C)C)[C@H](CNC(C)C)c1ccc(Br)cc1. The predicted molar refractivity (Wildman–Crippen MR) is 620 cm³/mol. The minimum absolute atomic E-state index is 0.276. The quantitative estimate of drug-likeness (QED) is 0.0362. The number of nitrogens with one attached hydrogen (secondary N) is 1. The molecule has 5 saturated heterocycles. The van der Waals surface area contributed by atoms with E-state index >= 15 is 0 Å². The lowest BCUT2D eigenvalue weighted by Gasteiger charge is -2.39. The molecule has 5 heterocycles. The third-order valence-corrected chi connectivity index (χ3v) is 30.9. The van der Waals surface area contributed by atoms with Crippen LogP contribution in [0.5, 0.6) is 0 Å². The molecule has 5 fully saturated rings. The number of nitrogens with two attached hydrogens (primary N) is 1. The van der Waals surface area contributed by atoms with E-state index in [4.69, 9.17) is 73.2 Å². The Morgan fingerprint density at radius 1 is 0.279 bits per heavy atom. The van der Waals surface area contributed by atoms with Crippen molar-refractivity contribution >= 4 is 89.9 Å². The van der Waals surface area contributed by atoms with Crippen molar-refractivity contribution < 1.29 is 9.47 Å². The zero-order valence-corrected chi connectivity index (χ0v) is 96.4. The highest BCUT2D eigenvalue weighted by Crippen LogP contribution is 2.39. The van der Waals surface area contributed by atoms with Crippen LogP contribution in [0.3, 0.4) is 0 Å². The van der Waals surface area contributed by atoms with Crippen molar-refractivity contribution in [3.63, 3.8) is 0 Å². The second-order valence-electron chi connectivity index (χ2n) is 41.4. The Labute approximate surface area is 893 Å². The van der Waals surface area contributed by atoms with E-state index < -0.39 is 0 Å². The maximum absolute atomic E-state index is 6.06. The second kappa shape index (κ2) is 65.4. The molecule has 140 heavy (non-hydrogen) atoms. The molecule has 1 unspecified atom stereocenters. The highest BCUT2D eigenvalue weighted by atomic mass is 79.9. The van der Waals surface area contributed by atoms with Crippen LogP contribution in [0.1, 0.15) is 219 Å². The highest BCUT2D eigenvalue weighted by Gasteiger charge is 2.31. The molecule has 5 aliphatic rings. The zero-order valence-electron chi connectivity index (χ0n) is 89.5. The summed E-state index contributed by atoms with van der Waals surface area (Å²) >= 11 is 37.1. The summed E-state index contributed by atoms with van der Waals surface area (Å²) in [7, 11) is 0. The number of rotatable bonds is 38. The molecule has 0 amide bonds. The maximum atomic E-state index is 6.06. The average molecular weight is 2140 g/mol. The van der Waals surface area contributed by atoms with Gasteiger partial charge in [-0.25, -0.2) is 0 Å². The number of nitrogens with zero attached hydrogens (tertiary/aromatic N) is 8. The third kappa shape index (κ3) is 43.6. The van der Waals surface area contributed by atoms with Crippen LogP contribution in [0.15, 0.2) is 264 Å². The van der Waals surface area contributed by atoms with Crippen LogP contribution in [0, 0.1) is 41.4 Å². The number of ether oxygens (including phenoxy) is 2. The van der Waals surface area contributed by atoms with E-state index in [1.807, 2.05) is 72.8 Å². The number of halogens is 7. The Balaban J connectivity index is 0.000000251. The fourth-order valence-corrected chi connectivity index (χ4v) is 19.2. The second-order valence-corrected chi connectivity index (χ2v) is 45.4. The molecule has 7 aromatic carbocycles. The predicted octanol–water partition coefficient (Wildman–Crippen LogP) is 29.6. The summed E-state index contributed by atoms with van der Waals surface area (Å²) in [5.74, 6) is 6.01. The molecule has 0 aromatic heterocycles. The first kappa shape index (κ1) is 123. The first-order valence-electron chi connectivity index (χ1n) is 52.0. The van der Waals surface area contributed by atoms with E-state index in [2.05, 4.69) is 358 Å². The van der Waals surface area contributed by atoms with Crippen molar-refractivity contribution in [2.75, 3.05) is 190 Å². The summed E-state index contributed by atoms with van der Waals surface area (Å²) < 4.78 is 13.1. The minimum atomic E-state index is 0.276. The fourth-order valence-electron chi connectivity index (χ4n) is 18.1. The van der Waals surface area contributed by atoms with Gasteiger partial charge in [-0.1, -0.05) is 384 Å². The van der Waals surface area contributed by atoms with Crippen LogP contribution in [0.2, 0.25) is 25.1 Å². The lowest BCUT2D eigenvalue weighted by molar-refractivity contribution is 0.0360. The maximum Gasteiger partial charge on any atom is 0.0594 e. The molecule has 7 atom stereocenters. The smallest absolute Gasteiger partial charge is 0.0594 e. The lowest BCUT2D eigenvalue weighted by atomic mass is 9.85. The topological polar surface area (TPSA) is 82.4 Å². The fraction of sp³-hybridized carbons (Fsp3) is 0.537. The largest absolute Gasteiger partial charge is 0.379 e. The van der Waals surface area contributed by atoms with Gasteiger partial charge in [-0.05, 0) is 192 Å². The Hall–Kier alpha value is -5.35. The normalized spacial score (nSPS) is 17.1. The molecule has 3 N–H and O–H groups in total. The van der Waals surface area contributed by atoms with E-state index in [0.717, 1.165) is 178 Å². The zero-order chi connectivity index (χ0) is 103. The Bertz CT molecular complexity index is 4520. The summed E-state index contributed by atoms with van der Waals surface area (Å²) in [5.41, 5.74) is 24.1. The van der Waals surface area contributed by atoms with Crippen LogP contribution in [0.25, 0.3) is 0 Å². The number of piperazine rings is 3. The van der Waals surface area contributed by atoms with Crippen LogP contribution in [0.4, 0.5) is 0 Å². The number of hydrogen-bond acceptors (Lipinski definition) is 12. The molecule has 19 heteroatoms. The van der Waals surface area contributed by atoms with E-state index in [9.17, 15) is 0 Å². The van der Waals surface area contributed by atoms with Gasteiger partial charge in [0.2, 0.25) is 0 Å². The van der Waals surface area contributed by atoms with Gasteiger partial charge >= 0.3 is 0 Å². The van der Waals surface area contributed by atoms with Gasteiger partial charge in [0.05, 0.1) is 26.4 Å². The van der Waals surface area contributed by atoms with Crippen molar-refractivity contribution in [1.29, 1.82) is 0 Å². The van der Waals surface area contributed by atoms with Gasteiger partial charge < -0.3 is 30.3 Å². The standard InChI is InChI=1S/C20H31ClN2.2C19H29ClN2.2C17H24ClNO.C16H24BrN.C13H18BrN/c1-15(2)17(5)20(18-6-8-19(21)9-7-18)14-22-10-12-23(13-11-22)16(3)4;2*1-5-21-10-12-22(13-11-21)14-19(16(4)15(2)3)17-6-8-18(20)9-7-17;2*1-13(2)14(3)17(12-19-8-10-20-11-9-19)15-4-6-16(18)7-5-15;1-11(2)13(5)16(10-18-12(3)4)14-6-8-15(17)9-7-14;1-9(2)10(3)13(8-15)11-4-6-12(14)7-5-11/h6-9,15-16,20H,5,10-14H2,1-4H3;2*6-9,15,19H,4-5,10-14H2,1-3H3;2*4-7,13,17H,3,8-12H2,1-2H3;6-9,11-12,16,18H,5,10H2,1-4H3;4-7,9,13H,3,8,15H2,1-2H3/t20-;19-;;2*17-;16-;13-/m10.1000/s1. The number of hydrogen-bond donors (Lipinski definition) is 2. The Morgan fingerprint density at radius 3 is 0.671 bits per heavy atom. The van der Waals surface area contributed by atoms with Crippen molar-refractivity contribution in [2.45, 2.75) is 192 Å². The summed E-state index contributed by atoms with van der Waals surface area (Å²) in [6, 6.07) is 59.3. The van der Waals surface area contributed by atoms with Crippen LogP contribution >= 0.6 is 89.9 Å². The monoisotopic (exact) mass is 2140 g/mol. The molecule has 0 radical (unpaired) electrons. The van der Waals surface area contributed by atoms with Crippen molar-refractivity contribution in [3.05, 3.63) is 328 Å². The molecule has 0 aliphatic carbocycles. The van der Waals surface area contributed by atoms with Gasteiger partial charge in [0.15, 0.2) is 0 Å². The summed E-state index contributed by atoms with van der Waals surface area (Å²) in [6.45, 7) is 105. The first-order valence-corrected chi connectivity index (χ1v) is 55.5. The summed E-state index contributed by atoms with van der Waals surface area (Å²) in [5, 5.41) is 7.49. The van der Waals surface area contributed by atoms with Crippen molar-refractivity contribution in [2.24, 2.45) is 47.2 Å². The van der Waals surface area contributed by atoms with Crippen LogP contribution in [-0.4, -0.2) is 241 Å². The minimum Gasteiger partial charge on any atom is -0.379 e. The van der Waals surface area contributed by atoms with Gasteiger partial charge in [0.25, 0.3) is 0 Å². The molecule has 0 spiro atoms. The summed E-state index contributed by atoms with van der Waals surface area (Å²) in [6.07, 6.45) is 0. The van der Waals surface area contributed by atoms with E-state index in [-0.39, 0.29) is 5.92 Å². The van der Waals surface area contributed by atoms with Gasteiger partial charge in [0.1, 0.15) is 0 Å². The Kier molecular flexibility index (Phi) is 57.6. The first-order chi connectivity index (χ1) is 66.5. The number of likely N-dealkylation sites (N-methyl/N-ethyl adjacent to an activating group) is 2. The number of benzene rings is 7. The van der Waals surface area contributed by atoms with Gasteiger partial charge in [-0.3, -0.25) is 29.4 Å². The molecule has 0 saturated carbocycles. The van der Waals surface area contributed by atoms with E-state index in [1.54, 1.807) is 0 Å². The van der Waals surface area contributed by atoms with Gasteiger partial charge in [-0.2, -0.15) is 0 Å². The van der Waals surface area contributed by atoms with Gasteiger partial charge in [0, 0.05) is 238 Å². The Morgan fingerprint density at radius 2 is 0.464 bits per heavy atom. The molecule has 0 bridgehead atoms. The molecule has 7 aromatic rings. The molecule has 5 aliphatic heterocycles. The highest BCUT2D eigenvalue weighted by molar-refractivity contribution is 9.10. The molecule has 12 nitrogen and oxygen atoms in total. The van der Waals surface area contributed by atoms with E-state index in [0.29, 0.717) is 95.6 Å². The molecular weight excluding hydrogens is 1960 g/mol. The number of morpholine rings is 2. The van der Waals surface area contributed by atoms with Crippen molar-refractivity contribution in [1.82, 2.24) is 44.5 Å². The summed E-state index contributed by atoms with van der Waals surface area (Å²) in [4.78, 5) is 20.3. The average Bonchev–Trinajstić information content (AvgIpc) is 0.814. The lowest BCUT2D eigenvalue weighted by Crippen LogP contribution is -2.49. The van der Waals surface area contributed by atoms with E-state index in [1.165, 1.54) is 117 Å². The van der Waals surface area contributed by atoms with Crippen LogP contribution in [-0.2, 0) is 9.47 Å².